The van der Waals surface area contributed by atoms with Gasteiger partial charge in [0.05, 0.1) is 0 Å². The second kappa shape index (κ2) is 5.74. The highest BCUT2D eigenvalue weighted by molar-refractivity contribution is 6.07. The number of aryl methyl sites for hydroxylation is 1. The SMILES string of the molecule is CCN(C(=O)c1ccc(O)cc1C)c1cccc(F)c1. The Balaban J connectivity index is 2.39. The van der Waals surface area contributed by atoms with Crippen LogP contribution in [0, 0.1) is 12.7 Å². The predicted octanol–water partition coefficient (Wildman–Crippen LogP) is 3.51. The Morgan fingerprint density at radius 1 is 1.25 bits per heavy atom. The van der Waals surface area contributed by atoms with Crippen LogP contribution in [0.25, 0.3) is 0 Å². The molecule has 0 aliphatic carbocycles. The summed E-state index contributed by atoms with van der Waals surface area (Å²) in [5.41, 5.74) is 1.70. The van der Waals surface area contributed by atoms with Gasteiger partial charge >= 0.3 is 0 Å². The Kier molecular flexibility index (Phi) is 4.03. The molecule has 2 rings (SSSR count). The van der Waals surface area contributed by atoms with Gasteiger partial charge in [-0.1, -0.05) is 6.07 Å². The quantitative estimate of drug-likeness (QED) is 0.929. The number of aromatic hydroxyl groups is 1. The van der Waals surface area contributed by atoms with Crippen LogP contribution in [0.5, 0.6) is 5.75 Å². The lowest BCUT2D eigenvalue weighted by atomic mass is 10.1. The summed E-state index contributed by atoms with van der Waals surface area (Å²) in [6.07, 6.45) is 0. The van der Waals surface area contributed by atoms with Crippen LogP contribution in [0.1, 0.15) is 22.8 Å². The fraction of sp³-hybridized carbons (Fsp3) is 0.188. The number of hydrogen-bond acceptors (Lipinski definition) is 2. The van der Waals surface area contributed by atoms with Gasteiger partial charge in [-0.05, 0) is 55.8 Å². The highest BCUT2D eigenvalue weighted by Gasteiger charge is 2.18. The average molecular weight is 273 g/mol. The molecular weight excluding hydrogens is 257 g/mol. The number of nitrogens with zero attached hydrogens (tertiary/aromatic N) is 1. The van der Waals surface area contributed by atoms with Crippen LogP contribution in [0.15, 0.2) is 42.5 Å². The van der Waals surface area contributed by atoms with E-state index in [9.17, 15) is 14.3 Å². The van der Waals surface area contributed by atoms with Crippen molar-refractivity contribution < 1.29 is 14.3 Å². The lowest BCUT2D eigenvalue weighted by molar-refractivity contribution is 0.0987. The standard InChI is InChI=1S/C16H16FNO2/c1-3-18(13-6-4-5-12(17)10-13)16(20)15-8-7-14(19)9-11(15)2/h4-10,19H,3H2,1-2H3. The summed E-state index contributed by atoms with van der Waals surface area (Å²) in [5.74, 6) is -0.473. The van der Waals surface area contributed by atoms with Crippen molar-refractivity contribution in [2.45, 2.75) is 13.8 Å². The van der Waals surface area contributed by atoms with Crippen LogP contribution < -0.4 is 4.90 Å². The molecule has 0 aliphatic heterocycles. The third kappa shape index (κ3) is 2.79. The van der Waals surface area contributed by atoms with Gasteiger partial charge < -0.3 is 10.0 Å². The van der Waals surface area contributed by atoms with Crippen molar-refractivity contribution >= 4 is 11.6 Å². The molecule has 1 N–H and O–H groups in total. The minimum Gasteiger partial charge on any atom is -0.508 e. The maximum absolute atomic E-state index is 13.3. The van der Waals surface area contributed by atoms with Gasteiger partial charge in [0.1, 0.15) is 11.6 Å². The summed E-state index contributed by atoms with van der Waals surface area (Å²) in [5, 5.41) is 9.39. The van der Waals surface area contributed by atoms with E-state index in [0.29, 0.717) is 23.4 Å². The maximum Gasteiger partial charge on any atom is 0.258 e. The van der Waals surface area contributed by atoms with Crippen molar-refractivity contribution in [3.63, 3.8) is 0 Å². The predicted molar refractivity (Wildman–Crippen MR) is 76.6 cm³/mol. The van der Waals surface area contributed by atoms with Gasteiger partial charge in [0.15, 0.2) is 0 Å². The molecule has 0 spiro atoms. The van der Waals surface area contributed by atoms with Crippen LogP contribution in [-0.4, -0.2) is 17.6 Å². The number of carbonyl (C=O) groups is 1. The van der Waals surface area contributed by atoms with E-state index in [4.69, 9.17) is 0 Å². The smallest absolute Gasteiger partial charge is 0.258 e. The first-order valence-corrected chi connectivity index (χ1v) is 6.40. The second-order valence-electron chi connectivity index (χ2n) is 4.53. The van der Waals surface area contributed by atoms with Crippen LogP contribution in [-0.2, 0) is 0 Å². The molecule has 20 heavy (non-hydrogen) atoms. The Hall–Kier alpha value is -2.36. The molecule has 2 aromatic rings. The molecule has 0 atom stereocenters. The van der Waals surface area contributed by atoms with Crippen molar-refractivity contribution in [3.05, 3.63) is 59.4 Å². The Bertz CT molecular complexity index is 640. The van der Waals surface area contributed by atoms with E-state index < -0.39 is 0 Å². The summed E-state index contributed by atoms with van der Waals surface area (Å²) >= 11 is 0. The van der Waals surface area contributed by atoms with E-state index in [0.717, 1.165) is 0 Å². The summed E-state index contributed by atoms with van der Waals surface area (Å²) in [6, 6.07) is 10.5. The number of phenols is 1. The van der Waals surface area contributed by atoms with Gasteiger partial charge in [0.25, 0.3) is 5.91 Å². The Morgan fingerprint density at radius 3 is 2.60 bits per heavy atom. The lowest BCUT2D eigenvalue weighted by Crippen LogP contribution is -2.31. The van der Waals surface area contributed by atoms with Crippen molar-refractivity contribution in [2.24, 2.45) is 0 Å². The van der Waals surface area contributed by atoms with Crippen LogP contribution in [0.3, 0.4) is 0 Å². The molecular formula is C16H16FNO2. The largest absolute Gasteiger partial charge is 0.508 e. The van der Waals surface area contributed by atoms with Gasteiger partial charge in [0.2, 0.25) is 0 Å². The number of benzene rings is 2. The molecule has 0 saturated heterocycles. The molecule has 104 valence electrons. The molecule has 1 amide bonds. The number of amides is 1. The highest BCUT2D eigenvalue weighted by atomic mass is 19.1. The van der Waals surface area contributed by atoms with Gasteiger partial charge in [-0.15, -0.1) is 0 Å². The van der Waals surface area contributed by atoms with E-state index in [-0.39, 0.29) is 17.5 Å². The summed E-state index contributed by atoms with van der Waals surface area (Å²) in [4.78, 5) is 14.0. The fourth-order valence-corrected chi connectivity index (χ4v) is 2.12. The zero-order valence-corrected chi connectivity index (χ0v) is 11.4. The van der Waals surface area contributed by atoms with Crippen molar-refractivity contribution in [1.29, 1.82) is 0 Å². The minimum absolute atomic E-state index is 0.118. The second-order valence-corrected chi connectivity index (χ2v) is 4.53. The first-order valence-electron chi connectivity index (χ1n) is 6.40. The number of carbonyl (C=O) groups excluding carboxylic acids is 1. The minimum atomic E-state index is -0.379. The molecule has 0 radical (unpaired) electrons. The van der Waals surface area contributed by atoms with Gasteiger partial charge in [-0.2, -0.15) is 0 Å². The van der Waals surface area contributed by atoms with E-state index in [1.165, 1.54) is 29.2 Å². The van der Waals surface area contributed by atoms with Gasteiger partial charge in [-0.25, -0.2) is 4.39 Å². The van der Waals surface area contributed by atoms with E-state index >= 15 is 0 Å². The maximum atomic E-state index is 13.3. The molecule has 0 heterocycles. The normalized spacial score (nSPS) is 10.3. The Morgan fingerprint density at radius 2 is 2.00 bits per heavy atom. The average Bonchev–Trinajstić information content (AvgIpc) is 2.39. The number of phenolic OH excluding ortho intramolecular Hbond substituents is 1. The van der Waals surface area contributed by atoms with Crippen LogP contribution in [0.4, 0.5) is 10.1 Å². The van der Waals surface area contributed by atoms with Crippen molar-refractivity contribution in [1.82, 2.24) is 0 Å². The third-order valence-electron chi connectivity index (χ3n) is 3.12. The van der Waals surface area contributed by atoms with Gasteiger partial charge in [-0.3, -0.25) is 4.79 Å². The summed E-state index contributed by atoms with van der Waals surface area (Å²) < 4.78 is 13.3. The molecule has 0 aromatic heterocycles. The van der Waals surface area contributed by atoms with E-state index in [1.807, 2.05) is 6.92 Å². The molecule has 0 saturated carbocycles. The topological polar surface area (TPSA) is 40.5 Å². The Labute approximate surface area is 117 Å². The highest BCUT2D eigenvalue weighted by Crippen LogP contribution is 2.22. The summed E-state index contributed by atoms with van der Waals surface area (Å²) in [6.45, 7) is 4.02. The molecule has 2 aromatic carbocycles. The molecule has 3 nitrogen and oxygen atoms in total. The lowest BCUT2D eigenvalue weighted by Gasteiger charge is -2.22. The van der Waals surface area contributed by atoms with Gasteiger partial charge in [0, 0.05) is 17.8 Å². The molecule has 0 fully saturated rings. The number of anilines is 1. The zero-order valence-electron chi connectivity index (χ0n) is 11.4. The van der Waals surface area contributed by atoms with Crippen LogP contribution >= 0.6 is 0 Å². The number of hydrogen-bond donors (Lipinski definition) is 1. The van der Waals surface area contributed by atoms with Crippen molar-refractivity contribution in [3.8, 4) is 5.75 Å². The fourth-order valence-electron chi connectivity index (χ4n) is 2.12. The summed E-state index contributed by atoms with van der Waals surface area (Å²) in [7, 11) is 0. The third-order valence-corrected chi connectivity index (χ3v) is 3.12. The number of rotatable bonds is 3. The first kappa shape index (κ1) is 14.1. The molecule has 0 unspecified atom stereocenters. The monoisotopic (exact) mass is 273 g/mol. The van der Waals surface area contributed by atoms with E-state index in [2.05, 4.69) is 0 Å². The molecule has 0 aliphatic rings. The molecule has 4 heteroatoms. The zero-order chi connectivity index (χ0) is 14.7. The first-order chi connectivity index (χ1) is 9.52. The number of halogens is 1. The molecule has 0 bridgehead atoms. The van der Waals surface area contributed by atoms with E-state index in [1.54, 1.807) is 25.1 Å². The van der Waals surface area contributed by atoms with Crippen molar-refractivity contribution in [2.75, 3.05) is 11.4 Å². The van der Waals surface area contributed by atoms with Crippen LogP contribution in [0.2, 0.25) is 0 Å².